The molecule has 3 aliphatic rings. The molecule has 4 heterocycles. The number of anilines is 1. The highest BCUT2D eigenvalue weighted by Crippen LogP contribution is 2.47. The third-order valence-corrected chi connectivity index (χ3v) is 6.66. The number of nitro groups is 1. The van der Waals surface area contributed by atoms with E-state index >= 15 is 0 Å². The first-order valence-corrected chi connectivity index (χ1v) is 10.4. The van der Waals surface area contributed by atoms with E-state index in [0.717, 1.165) is 18.4 Å². The lowest BCUT2D eigenvalue weighted by atomic mass is 9.89. The van der Waals surface area contributed by atoms with Crippen molar-refractivity contribution in [2.45, 2.75) is 50.5 Å². The number of pyridine rings is 1. The van der Waals surface area contributed by atoms with E-state index in [1.807, 2.05) is 23.1 Å². The summed E-state index contributed by atoms with van der Waals surface area (Å²) in [5.74, 6) is 0.812. The molecule has 0 radical (unpaired) electrons. The first-order valence-electron chi connectivity index (χ1n) is 10.4. The molecule has 5 rings (SSSR count). The predicted octanol–water partition coefficient (Wildman–Crippen LogP) is 3.36. The molecule has 0 saturated carbocycles. The van der Waals surface area contributed by atoms with Crippen LogP contribution < -0.4 is 4.90 Å². The number of fused-ring (bicyclic) bond motifs is 1. The highest BCUT2D eigenvalue weighted by molar-refractivity contribution is 5.88. The van der Waals surface area contributed by atoms with Crippen molar-refractivity contribution < 1.29 is 14.5 Å². The van der Waals surface area contributed by atoms with Gasteiger partial charge in [-0.05, 0) is 31.4 Å². The van der Waals surface area contributed by atoms with Gasteiger partial charge in [-0.3, -0.25) is 14.9 Å². The van der Waals surface area contributed by atoms with E-state index < -0.39 is 10.5 Å². The monoisotopic (exact) mass is 408 g/mol. The average molecular weight is 408 g/mol. The Labute approximate surface area is 174 Å². The van der Waals surface area contributed by atoms with Crippen LogP contribution in [0.15, 0.2) is 42.6 Å². The number of piperidine rings is 1. The van der Waals surface area contributed by atoms with Crippen molar-refractivity contribution in [3.8, 4) is 0 Å². The first kappa shape index (κ1) is 19.0. The summed E-state index contributed by atoms with van der Waals surface area (Å²) in [4.78, 5) is 32.4. The Kier molecular flexibility index (Phi) is 4.47. The maximum absolute atomic E-state index is 13.5. The largest absolute Gasteiger partial charge is 0.356 e. The van der Waals surface area contributed by atoms with Crippen molar-refractivity contribution in [3.63, 3.8) is 0 Å². The van der Waals surface area contributed by atoms with Crippen LogP contribution in [0.5, 0.6) is 0 Å². The van der Waals surface area contributed by atoms with Crippen LogP contribution in [0.4, 0.5) is 11.5 Å². The summed E-state index contributed by atoms with van der Waals surface area (Å²) >= 11 is 0. The minimum atomic E-state index is -0.759. The zero-order valence-corrected chi connectivity index (χ0v) is 16.9. The summed E-state index contributed by atoms with van der Waals surface area (Å²) < 4.78 is 6.38. The summed E-state index contributed by atoms with van der Waals surface area (Å²) in [5.41, 5.74) is 1.01. The quantitative estimate of drug-likeness (QED) is 0.572. The minimum absolute atomic E-state index is 0.0223. The van der Waals surface area contributed by atoms with Gasteiger partial charge in [0.1, 0.15) is 18.2 Å². The Morgan fingerprint density at radius 3 is 2.60 bits per heavy atom. The van der Waals surface area contributed by atoms with Crippen LogP contribution in [-0.4, -0.2) is 45.6 Å². The number of hydrogen-bond acceptors (Lipinski definition) is 6. The molecule has 8 heteroatoms. The SMILES string of the molecule is Cc1cc(N2CCC3(CC2)O[C@@H]2CC[C@@H](c4ccccc4)N2C3=O)ncc1[N+](=O)[O-]. The zero-order chi connectivity index (χ0) is 20.9. The fourth-order valence-electron chi connectivity index (χ4n) is 5.04. The number of amides is 1. The molecule has 3 saturated heterocycles. The molecular weight excluding hydrogens is 384 g/mol. The number of ether oxygens (including phenoxy) is 1. The second-order valence-electron chi connectivity index (χ2n) is 8.36. The van der Waals surface area contributed by atoms with Gasteiger partial charge in [0.2, 0.25) is 0 Å². The van der Waals surface area contributed by atoms with Crippen molar-refractivity contribution in [1.82, 2.24) is 9.88 Å². The van der Waals surface area contributed by atoms with E-state index in [1.165, 1.54) is 6.20 Å². The molecule has 0 bridgehead atoms. The third-order valence-electron chi connectivity index (χ3n) is 6.66. The van der Waals surface area contributed by atoms with Crippen LogP contribution in [0.3, 0.4) is 0 Å². The molecule has 156 valence electrons. The van der Waals surface area contributed by atoms with Crippen LogP contribution in [0, 0.1) is 17.0 Å². The lowest BCUT2D eigenvalue weighted by molar-refractivity contribution is -0.385. The lowest BCUT2D eigenvalue weighted by Crippen LogP contribution is -2.50. The topological polar surface area (TPSA) is 88.8 Å². The van der Waals surface area contributed by atoms with Gasteiger partial charge in [0.25, 0.3) is 11.6 Å². The van der Waals surface area contributed by atoms with E-state index in [-0.39, 0.29) is 23.9 Å². The molecule has 1 aromatic heterocycles. The number of carbonyl (C=O) groups is 1. The number of aryl methyl sites for hydroxylation is 1. The van der Waals surface area contributed by atoms with Crippen molar-refractivity contribution in [3.05, 3.63) is 63.8 Å². The fourth-order valence-corrected chi connectivity index (χ4v) is 5.04. The molecule has 0 N–H and O–H groups in total. The summed E-state index contributed by atoms with van der Waals surface area (Å²) in [5, 5.41) is 11.0. The number of nitrogens with zero attached hydrogens (tertiary/aromatic N) is 4. The maximum atomic E-state index is 13.5. The second-order valence-corrected chi connectivity index (χ2v) is 8.36. The maximum Gasteiger partial charge on any atom is 0.290 e. The van der Waals surface area contributed by atoms with E-state index in [4.69, 9.17) is 4.74 Å². The van der Waals surface area contributed by atoms with Crippen LogP contribution in [-0.2, 0) is 9.53 Å². The van der Waals surface area contributed by atoms with Gasteiger partial charge in [-0.1, -0.05) is 30.3 Å². The molecule has 2 atom stereocenters. The fraction of sp³-hybridized carbons (Fsp3) is 0.455. The molecule has 30 heavy (non-hydrogen) atoms. The van der Waals surface area contributed by atoms with Crippen LogP contribution >= 0.6 is 0 Å². The van der Waals surface area contributed by atoms with E-state index in [1.54, 1.807) is 13.0 Å². The van der Waals surface area contributed by atoms with Crippen molar-refractivity contribution in [2.24, 2.45) is 0 Å². The van der Waals surface area contributed by atoms with Crippen LogP contribution in [0.2, 0.25) is 0 Å². The minimum Gasteiger partial charge on any atom is -0.356 e. The van der Waals surface area contributed by atoms with Gasteiger partial charge < -0.3 is 14.5 Å². The van der Waals surface area contributed by atoms with Gasteiger partial charge in [-0.25, -0.2) is 4.98 Å². The number of hydrogen-bond donors (Lipinski definition) is 0. The Balaban J connectivity index is 1.31. The molecule has 0 aliphatic carbocycles. The lowest BCUT2D eigenvalue weighted by Gasteiger charge is -2.38. The summed E-state index contributed by atoms with van der Waals surface area (Å²) in [6, 6.07) is 12.0. The summed E-state index contributed by atoms with van der Waals surface area (Å²) in [6.07, 6.45) is 4.14. The molecule has 1 spiro atoms. The smallest absolute Gasteiger partial charge is 0.290 e. The van der Waals surface area contributed by atoms with E-state index in [0.29, 0.717) is 37.3 Å². The first-order chi connectivity index (χ1) is 14.5. The van der Waals surface area contributed by atoms with Crippen LogP contribution in [0.25, 0.3) is 0 Å². The number of carbonyl (C=O) groups excluding carboxylic acids is 1. The highest BCUT2D eigenvalue weighted by atomic mass is 16.6. The molecule has 8 nitrogen and oxygen atoms in total. The zero-order valence-electron chi connectivity index (χ0n) is 16.9. The standard InChI is InChI=1S/C22H24N4O4/c1-15-13-19(23-14-18(15)26(28)29)24-11-9-22(10-12-24)21(27)25-17(7-8-20(25)30-22)16-5-3-2-4-6-16/h2-6,13-14,17,20H,7-12H2,1H3/t17-,20+/m0/s1. The third kappa shape index (κ3) is 2.94. The molecular formula is C22H24N4O4. The average Bonchev–Trinajstić information content (AvgIpc) is 3.27. The van der Waals surface area contributed by atoms with Gasteiger partial charge in [0.05, 0.1) is 11.0 Å². The Morgan fingerprint density at radius 2 is 1.93 bits per heavy atom. The number of benzene rings is 1. The number of aromatic nitrogens is 1. The predicted molar refractivity (Wildman–Crippen MR) is 110 cm³/mol. The number of rotatable bonds is 3. The Bertz CT molecular complexity index is 988. The summed E-state index contributed by atoms with van der Waals surface area (Å²) in [6.45, 7) is 2.98. The molecule has 3 fully saturated rings. The Morgan fingerprint density at radius 1 is 1.20 bits per heavy atom. The van der Waals surface area contributed by atoms with E-state index in [9.17, 15) is 14.9 Å². The second kappa shape index (κ2) is 7.05. The van der Waals surface area contributed by atoms with Crippen molar-refractivity contribution in [1.29, 1.82) is 0 Å². The highest BCUT2D eigenvalue weighted by Gasteiger charge is 2.57. The summed E-state index contributed by atoms with van der Waals surface area (Å²) in [7, 11) is 0. The molecule has 0 unspecified atom stereocenters. The van der Waals surface area contributed by atoms with Gasteiger partial charge in [0, 0.05) is 31.5 Å². The van der Waals surface area contributed by atoms with E-state index in [2.05, 4.69) is 22.0 Å². The van der Waals surface area contributed by atoms with Gasteiger partial charge >= 0.3 is 0 Å². The van der Waals surface area contributed by atoms with Gasteiger partial charge in [-0.2, -0.15) is 0 Å². The van der Waals surface area contributed by atoms with Gasteiger partial charge in [0.15, 0.2) is 5.60 Å². The molecule has 2 aromatic rings. The molecule has 3 aliphatic heterocycles. The molecule has 1 aromatic carbocycles. The van der Waals surface area contributed by atoms with Crippen molar-refractivity contribution >= 4 is 17.4 Å². The molecule has 1 amide bonds. The normalized spacial score (nSPS) is 25.0. The van der Waals surface area contributed by atoms with Crippen molar-refractivity contribution in [2.75, 3.05) is 18.0 Å². The Hall–Kier alpha value is -3.00. The van der Waals surface area contributed by atoms with Crippen LogP contribution in [0.1, 0.15) is 42.9 Å². The van der Waals surface area contributed by atoms with Gasteiger partial charge in [-0.15, -0.1) is 0 Å².